The van der Waals surface area contributed by atoms with Gasteiger partial charge in [-0.1, -0.05) is 0 Å². The van der Waals surface area contributed by atoms with Gasteiger partial charge in [0.2, 0.25) is 0 Å². The minimum absolute atomic E-state index is 0.786. The summed E-state index contributed by atoms with van der Waals surface area (Å²) < 4.78 is 0. The lowest BCUT2D eigenvalue weighted by molar-refractivity contribution is 0.227. The quantitative estimate of drug-likeness (QED) is 0.866. The van der Waals surface area contributed by atoms with E-state index in [1.54, 1.807) is 11.3 Å². The zero-order valence-electron chi connectivity index (χ0n) is 10.1. The van der Waals surface area contributed by atoms with Crippen molar-refractivity contribution in [1.82, 2.24) is 10.2 Å². The largest absolute Gasteiger partial charge is 0.317 e. The Morgan fingerprint density at radius 3 is 3.19 bits per heavy atom. The van der Waals surface area contributed by atoms with Crippen molar-refractivity contribution < 1.29 is 0 Å². The van der Waals surface area contributed by atoms with Crippen molar-refractivity contribution in [3.05, 3.63) is 22.4 Å². The first-order valence-corrected chi connectivity index (χ1v) is 7.22. The highest BCUT2D eigenvalue weighted by molar-refractivity contribution is 7.07. The molecule has 1 aromatic rings. The number of rotatable bonds is 4. The van der Waals surface area contributed by atoms with Gasteiger partial charge >= 0.3 is 0 Å². The third-order valence-corrected chi connectivity index (χ3v) is 4.23. The smallest absolute Gasteiger partial charge is 0.0105 e. The molecular weight excluding hydrogens is 216 g/mol. The van der Waals surface area contributed by atoms with E-state index in [1.807, 2.05) is 0 Å². The van der Waals surface area contributed by atoms with Gasteiger partial charge in [-0.15, -0.1) is 0 Å². The van der Waals surface area contributed by atoms with Crippen molar-refractivity contribution in [2.75, 3.05) is 26.7 Å². The Morgan fingerprint density at radius 1 is 1.44 bits per heavy atom. The summed E-state index contributed by atoms with van der Waals surface area (Å²) in [6, 6.07) is 3.03. The van der Waals surface area contributed by atoms with Crippen LogP contribution in [0.2, 0.25) is 0 Å². The summed E-state index contributed by atoms with van der Waals surface area (Å²) in [6.45, 7) is 3.59. The first kappa shape index (κ1) is 12.1. The van der Waals surface area contributed by atoms with Crippen LogP contribution in [0.3, 0.4) is 0 Å². The Bertz CT molecular complexity index is 276. The molecule has 0 radical (unpaired) electrons. The van der Waals surface area contributed by atoms with Gasteiger partial charge in [0, 0.05) is 12.6 Å². The Morgan fingerprint density at radius 2 is 2.38 bits per heavy atom. The van der Waals surface area contributed by atoms with Gasteiger partial charge in [0.05, 0.1) is 0 Å². The predicted octanol–water partition coefficient (Wildman–Crippen LogP) is 2.36. The minimum atomic E-state index is 0.786. The molecule has 16 heavy (non-hydrogen) atoms. The molecule has 1 atom stereocenters. The summed E-state index contributed by atoms with van der Waals surface area (Å²) in [4.78, 5) is 2.55. The van der Waals surface area contributed by atoms with E-state index in [9.17, 15) is 0 Å². The number of hydrogen-bond acceptors (Lipinski definition) is 3. The summed E-state index contributed by atoms with van der Waals surface area (Å²) in [7, 11) is 2.28. The van der Waals surface area contributed by atoms with E-state index in [-0.39, 0.29) is 0 Å². The molecule has 2 rings (SSSR count). The molecule has 1 N–H and O–H groups in total. The van der Waals surface area contributed by atoms with E-state index >= 15 is 0 Å². The van der Waals surface area contributed by atoms with Gasteiger partial charge in [-0.25, -0.2) is 0 Å². The van der Waals surface area contributed by atoms with E-state index in [0.29, 0.717) is 0 Å². The van der Waals surface area contributed by atoms with Gasteiger partial charge in [-0.3, -0.25) is 0 Å². The van der Waals surface area contributed by atoms with Crippen molar-refractivity contribution in [2.45, 2.75) is 31.7 Å². The fraction of sp³-hybridized carbons (Fsp3) is 0.692. The highest BCUT2D eigenvalue weighted by Gasteiger charge is 2.16. The molecule has 1 saturated heterocycles. The van der Waals surface area contributed by atoms with Crippen LogP contribution >= 0.6 is 11.3 Å². The Hall–Kier alpha value is -0.380. The molecule has 2 nitrogen and oxygen atoms in total. The maximum atomic E-state index is 3.48. The van der Waals surface area contributed by atoms with Crippen molar-refractivity contribution >= 4 is 11.3 Å². The first-order valence-electron chi connectivity index (χ1n) is 6.28. The minimum Gasteiger partial charge on any atom is -0.317 e. The van der Waals surface area contributed by atoms with Crippen LogP contribution < -0.4 is 5.32 Å². The third-order valence-electron chi connectivity index (χ3n) is 3.50. The first-order chi connectivity index (χ1) is 7.86. The third kappa shape index (κ3) is 3.58. The second-order valence-electron chi connectivity index (χ2n) is 4.70. The molecule has 0 aliphatic carbocycles. The lowest BCUT2D eigenvalue weighted by atomic mass is 10.1. The summed E-state index contributed by atoms with van der Waals surface area (Å²) in [5, 5.41) is 7.91. The van der Waals surface area contributed by atoms with E-state index in [4.69, 9.17) is 0 Å². The molecule has 0 saturated carbocycles. The maximum absolute atomic E-state index is 3.48. The zero-order valence-corrected chi connectivity index (χ0v) is 10.9. The molecule has 1 fully saturated rings. The molecule has 0 amide bonds. The van der Waals surface area contributed by atoms with Crippen LogP contribution in [0.4, 0.5) is 0 Å². The average Bonchev–Trinajstić information content (AvgIpc) is 2.66. The van der Waals surface area contributed by atoms with Crippen molar-refractivity contribution in [3.8, 4) is 0 Å². The van der Waals surface area contributed by atoms with Gasteiger partial charge < -0.3 is 10.2 Å². The van der Waals surface area contributed by atoms with E-state index in [0.717, 1.165) is 6.04 Å². The monoisotopic (exact) mass is 238 g/mol. The number of hydrogen-bond donors (Lipinski definition) is 1. The van der Waals surface area contributed by atoms with Crippen LogP contribution in [0.15, 0.2) is 16.8 Å². The predicted molar refractivity (Wildman–Crippen MR) is 71.2 cm³/mol. The fourth-order valence-electron chi connectivity index (χ4n) is 2.36. The lowest BCUT2D eigenvalue weighted by Gasteiger charge is -2.26. The molecule has 1 aliphatic rings. The Kier molecular flexibility index (Phi) is 4.82. The van der Waals surface area contributed by atoms with Crippen LogP contribution in [0.25, 0.3) is 0 Å². The molecule has 0 spiro atoms. The second kappa shape index (κ2) is 6.38. The van der Waals surface area contributed by atoms with Crippen LogP contribution in [-0.4, -0.2) is 37.6 Å². The SMILES string of the molecule is CN(CCc1ccsc1)C1CCCNCC1. The Labute approximate surface area is 103 Å². The maximum Gasteiger partial charge on any atom is 0.0105 e. The summed E-state index contributed by atoms with van der Waals surface area (Å²) in [6.07, 6.45) is 5.19. The highest BCUT2D eigenvalue weighted by atomic mass is 32.1. The van der Waals surface area contributed by atoms with Gasteiger partial charge in [0.25, 0.3) is 0 Å². The van der Waals surface area contributed by atoms with Gasteiger partial charge in [0.15, 0.2) is 0 Å². The average molecular weight is 238 g/mol. The zero-order chi connectivity index (χ0) is 11.2. The number of nitrogens with zero attached hydrogens (tertiary/aromatic N) is 1. The summed E-state index contributed by atoms with van der Waals surface area (Å²) in [5.41, 5.74) is 1.49. The van der Waals surface area contributed by atoms with Crippen LogP contribution in [0.5, 0.6) is 0 Å². The fourth-order valence-corrected chi connectivity index (χ4v) is 3.07. The number of likely N-dealkylation sites (N-methyl/N-ethyl adjacent to an activating group) is 1. The van der Waals surface area contributed by atoms with Crippen molar-refractivity contribution in [3.63, 3.8) is 0 Å². The number of nitrogens with one attached hydrogen (secondary N) is 1. The molecular formula is C13H22N2S. The standard InChI is InChI=1S/C13H22N2S/c1-15(9-5-12-6-10-16-11-12)13-3-2-7-14-8-4-13/h6,10-11,13-14H,2-5,7-9H2,1H3. The van der Waals surface area contributed by atoms with Crippen LogP contribution in [0.1, 0.15) is 24.8 Å². The van der Waals surface area contributed by atoms with Crippen molar-refractivity contribution in [2.24, 2.45) is 0 Å². The molecule has 3 heteroatoms. The van der Waals surface area contributed by atoms with Crippen LogP contribution in [-0.2, 0) is 6.42 Å². The molecule has 1 aliphatic heterocycles. The summed E-state index contributed by atoms with van der Waals surface area (Å²) >= 11 is 1.80. The van der Waals surface area contributed by atoms with Gasteiger partial charge in [0.1, 0.15) is 0 Å². The highest BCUT2D eigenvalue weighted by Crippen LogP contribution is 2.13. The molecule has 90 valence electrons. The molecule has 2 heterocycles. The van der Waals surface area contributed by atoms with Gasteiger partial charge in [-0.2, -0.15) is 11.3 Å². The molecule has 0 bridgehead atoms. The van der Waals surface area contributed by atoms with Gasteiger partial charge in [-0.05, 0) is 68.2 Å². The van der Waals surface area contributed by atoms with E-state index in [1.165, 1.54) is 50.9 Å². The topological polar surface area (TPSA) is 15.3 Å². The normalized spacial score (nSPS) is 22.2. The number of thiophene rings is 1. The molecule has 0 aromatic carbocycles. The van der Waals surface area contributed by atoms with Crippen molar-refractivity contribution in [1.29, 1.82) is 0 Å². The van der Waals surface area contributed by atoms with Crippen LogP contribution in [0, 0.1) is 0 Å². The second-order valence-corrected chi connectivity index (χ2v) is 5.48. The van der Waals surface area contributed by atoms with E-state index in [2.05, 4.69) is 34.1 Å². The van der Waals surface area contributed by atoms with E-state index < -0.39 is 0 Å². The molecule has 1 unspecified atom stereocenters. The Balaban J connectivity index is 1.75. The lowest BCUT2D eigenvalue weighted by Crippen LogP contribution is -2.34. The summed E-state index contributed by atoms with van der Waals surface area (Å²) in [5.74, 6) is 0. The molecule has 1 aromatic heterocycles.